The quantitative estimate of drug-likeness (QED) is 0.235. The first kappa shape index (κ1) is 38.4. The normalized spacial score (nSPS) is 14.6. The van der Waals surface area contributed by atoms with Crippen molar-refractivity contribution in [2.45, 2.75) is 65.7 Å². The lowest BCUT2D eigenvalue weighted by molar-refractivity contribution is -0.274. The lowest BCUT2D eigenvalue weighted by atomic mass is 9.97. The number of halogens is 4. The van der Waals surface area contributed by atoms with Crippen molar-refractivity contribution in [3.8, 4) is 17.0 Å². The van der Waals surface area contributed by atoms with Crippen LogP contribution in [0.15, 0.2) is 42.6 Å². The molecule has 5 rings (SSSR count). The molecule has 1 fully saturated rings. The highest BCUT2D eigenvalue weighted by molar-refractivity contribution is 7.07. The summed E-state index contributed by atoms with van der Waals surface area (Å²) in [5, 5.41) is 1.25. The maximum Gasteiger partial charge on any atom is 0.573 e. The molecule has 0 atom stereocenters. The summed E-state index contributed by atoms with van der Waals surface area (Å²) in [7, 11) is 2.73. The van der Waals surface area contributed by atoms with Crippen molar-refractivity contribution in [2.75, 3.05) is 13.1 Å². The molecule has 2 amide bonds. The van der Waals surface area contributed by atoms with Gasteiger partial charge < -0.3 is 23.5 Å². The van der Waals surface area contributed by atoms with E-state index in [1.165, 1.54) is 35.7 Å². The van der Waals surface area contributed by atoms with Crippen molar-refractivity contribution in [3.05, 3.63) is 65.6 Å². The second-order valence-corrected chi connectivity index (χ2v) is 14.3. The van der Waals surface area contributed by atoms with Gasteiger partial charge in [-0.2, -0.15) is 4.99 Å². The van der Waals surface area contributed by atoms with E-state index in [2.05, 4.69) is 9.73 Å². The van der Waals surface area contributed by atoms with Crippen LogP contribution in [-0.4, -0.2) is 61.6 Å². The zero-order valence-electron chi connectivity index (χ0n) is 29.0. The zero-order valence-corrected chi connectivity index (χ0v) is 30.5. The number of benzene rings is 1. The Morgan fingerprint density at radius 1 is 1.08 bits per heavy atom. The molecular weight excluding hydrogens is 735 g/mol. The van der Waals surface area contributed by atoms with Gasteiger partial charge in [0.1, 0.15) is 22.5 Å². The maximum atomic E-state index is 13.4. The third-order valence-electron chi connectivity index (χ3n) is 8.20. The number of fused-ring (bicyclic) bond motifs is 1. The number of likely N-dealkylation sites (tertiary alicyclic amines) is 1. The number of hydrogen-bond donors (Lipinski definition) is 0. The Hall–Kier alpha value is -4.84. The molecule has 1 aromatic carbocycles. The van der Waals surface area contributed by atoms with Crippen molar-refractivity contribution in [3.63, 3.8) is 0 Å². The standard InChI is InChI=1S/C33H35ClF3N5O9S/c1-17-20(25-26(44)39(5)30(46)40(6)27(25)49-17)14-24(43)38-29-42(22(15-52-29)19-7-8-23(21(34)13-19)50-33(35,36)37)16-48-28(45)18-9-11-41(12-10-18)31(47)51-32(2,3)4/h7-8,13,15,18H,9-12,14,16H2,1-6H3. The summed E-state index contributed by atoms with van der Waals surface area (Å²) in [6.45, 7) is 6.91. The van der Waals surface area contributed by atoms with E-state index in [0.717, 1.165) is 26.5 Å². The average Bonchev–Trinajstić information content (AvgIpc) is 3.61. The number of carbonyl (C=O) groups excluding carboxylic acids is 3. The Kier molecular flexibility index (Phi) is 10.8. The van der Waals surface area contributed by atoms with Gasteiger partial charge in [0.25, 0.3) is 11.5 Å². The van der Waals surface area contributed by atoms with Gasteiger partial charge in [-0.1, -0.05) is 11.6 Å². The van der Waals surface area contributed by atoms with Crippen LogP contribution in [0.25, 0.3) is 22.4 Å². The minimum Gasteiger partial charge on any atom is -0.444 e. The predicted molar refractivity (Wildman–Crippen MR) is 182 cm³/mol. The number of aryl methyl sites for hydroxylation is 2. The van der Waals surface area contributed by atoms with Crippen LogP contribution in [0.5, 0.6) is 5.75 Å². The first-order valence-corrected chi connectivity index (χ1v) is 17.1. The van der Waals surface area contributed by atoms with Crippen LogP contribution in [0.1, 0.15) is 44.9 Å². The molecule has 0 N–H and O–H groups in total. The number of rotatable bonds is 7. The van der Waals surface area contributed by atoms with E-state index in [9.17, 15) is 37.1 Å². The van der Waals surface area contributed by atoms with Crippen molar-refractivity contribution in [2.24, 2.45) is 25.0 Å². The highest BCUT2D eigenvalue weighted by atomic mass is 35.5. The van der Waals surface area contributed by atoms with Crippen LogP contribution in [0.4, 0.5) is 18.0 Å². The maximum absolute atomic E-state index is 13.4. The fraction of sp³-hybridized carbons (Fsp3) is 0.455. The molecule has 0 radical (unpaired) electrons. The minimum atomic E-state index is -4.98. The predicted octanol–water partition coefficient (Wildman–Crippen LogP) is 5.04. The molecule has 0 bridgehead atoms. The highest BCUT2D eigenvalue weighted by Gasteiger charge is 2.33. The summed E-state index contributed by atoms with van der Waals surface area (Å²) in [5.41, 5.74) is -1.09. The van der Waals surface area contributed by atoms with E-state index in [1.54, 1.807) is 33.1 Å². The molecule has 3 aromatic heterocycles. The van der Waals surface area contributed by atoms with Crippen LogP contribution in [0.2, 0.25) is 5.02 Å². The van der Waals surface area contributed by atoms with Gasteiger partial charge in [0.15, 0.2) is 11.5 Å². The Labute approximate surface area is 302 Å². The summed E-state index contributed by atoms with van der Waals surface area (Å²) < 4.78 is 62.8. The molecule has 4 aromatic rings. The van der Waals surface area contributed by atoms with Crippen molar-refractivity contribution < 1.29 is 46.2 Å². The molecule has 52 heavy (non-hydrogen) atoms. The van der Waals surface area contributed by atoms with E-state index in [4.69, 9.17) is 25.5 Å². The number of ether oxygens (including phenoxy) is 3. The molecule has 0 saturated carbocycles. The van der Waals surface area contributed by atoms with Crippen LogP contribution < -0.4 is 20.8 Å². The van der Waals surface area contributed by atoms with Gasteiger partial charge in [0.05, 0.1) is 23.1 Å². The smallest absolute Gasteiger partial charge is 0.444 e. The van der Waals surface area contributed by atoms with Gasteiger partial charge in [-0.25, -0.2) is 9.59 Å². The second kappa shape index (κ2) is 14.7. The lowest BCUT2D eigenvalue weighted by Crippen LogP contribution is -2.43. The number of thiazole rings is 1. The van der Waals surface area contributed by atoms with Crippen LogP contribution >= 0.6 is 22.9 Å². The molecule has 0 spiro atoms. The van der Waals surface area contributed by atoms with Crippen LogP contribution in [0, 0.1) is 12.8 Å². The topological polar surface area (TPSA) is 157 Å². The van der Waals surface area contributed by atoms with E-state index >= 15 is 0 Å². The number of amides is 2. The van der Waals surface area contributed by atoms with Crippen LogP contribution in [-0.2, 0) is 46.3 Å². The fourth-order valence-corrected chi connectivity index (χ4v) is 6.74. The third-order valence-corrected chi connectivity index (χ3v) is 9.36. The van der Waals surface area contributed by atoms with E-state index in [-0.39, 0.29) is 51.8 Å². The van der Waals surface area contributed by atoms with Gasteiger partial charge in [0.2, 0.25) is 5.71 Å². The van der Waals surface area contributed by atoms with Crippen molar-refractivity contribution in [1.82, 2.24) is 18.6 Å². The second-order valence-electron chi connectivity index (χ2n) is 13.1. The Morgan fingerprint density at radius 3 is 2.37 bits per heavy atom. The average molecular weight is 770 g/mol. The van der Waals surface area contributed by atoms with E-state index in [0.29, 0.717) is 24.1 Å². The van der Waals surface area contributed by atoms with Gasteiger partial charge in [0, 0.05) is 43.7 Å². The molecule has 0 aliphatic carbocycles. The monoisotopic (exact) mass is 769 g/mol. The third kappa shape index (κ3) is 8.44. The fourth-order valence-electron chi connectivity index (χ4n) is 5.61. The molecule has 0 unspecified atom stereocenters. The minimum absolute atomic E-state index is 0.000502. The molecule has 280 valence electrons. The number of nitrogens with zero attached hydrogens (tertiary/aromatic N) is 5. The summed E-state index contributed by atoms with van der Waals surface area (Å²) in [6, 6.07) is 3.56. The molecule has 1 aliphatic rings. The number of piperidine rings is 1. The lowest BCUT2D eigenvalue weighted by Gasteiger charge is -2.32. The first-order chi connectivity index (χ1) is 24.2. The number of carbonyl (C=O) groups is 3. The Balaban J connectivity index is 1.43. The van der Waals surface area contributed by atoms with E-state index in [1.807, 2.05) is 0 Å². The summed E-state index contributed by atoms with van der Waals surface area (Å²) >= 11 is 7.11. The Morgan fingerprint density at radius 2 is 1.75 bits per heavy atom. The number of hydrogen-bond acceptors (Lipinski definition) is 10. The van der Waals surface area contributed by atoms with Gasteiger partial charge in [-0.3, -0.25) is 28.1 Å². The SMILES string of the molecule is Cc1oc2c(c1CC(=O)N=c1scc(-c3ccc(OC(F)(F)F)c(Cl)c3)n1COC(=O)C1CCN(C(=O)OC(C)(C)C)CC1)c(=O)n(C)c(=O)n2C. The molecule has 14 nitrogen and oxygen atoms in total. The van der Waals surface area contributed by atoms with Crippen molar-refractivity contribution in [1.29, 1.82) is 0 Å². The molecule has 1 saturated heterocycles. The van der Waals surface area contributed by atoms with E-state index < -0.39 is 59.6 Å². The van der Waals surface area contributed by atoms with Crippen molar-refractivity contribution >= 4 is 52.0 Å². The summed E-state index contributed by atoms with van der Waals surface area (Å²) in [4.78, 5) is 70.3. The van der Waals surface area contributed by atoms with Gasteiger partial charge in [-0.05, 0) is 58.7 Å². The van der Waals surface area contributed by atoms with Gasteiger partial charge in [-0.15, -0.1) is 24.5 Å². The molecule has 19 heteroatoms. The number of furan rings is 1. The summed E-state index contributed by atoms with van der Waals surface area (Å²) in [6.07, 6.45) is -5.22. The number of esters is 1. The largest absolute Gasteiger partial charge is 0.573 e. The number of aromatic nitrogens is 3. The molecule has 4 heterocycles. The molecular formula is C33H35ClF3N5O9S. The number of alkyl halides is 3. The highest BCUT2D eigenvalue weighted by Crippen LogP contribution is 2.34. The molecule has 1 aliphatic heterocycles. The van der Waals surface area contributed by atoms with Crippen LogP contribution in [0.3, 0.4) is 0 Å². The van der Waals surface area contributed by atoms with Gasteiger partial charge >= 0.3 is 24.1 Å². The zero-order chi connectivity index (χ0) is 38.3. The first-order valence-electron chi connectivity index (χ1n) is 15.9. The summed E-state index contributed by atoms with van der Waals surface area (Å²) in [5.74, 6) is -2.22. The Bertz CT molecular complexity index is 2240.